The second-order valence-corrected chi connectivity index (χ2v) is 4.69. The molecule has 0 aliphatic carbocycles. The van der Waals surface area contributed by atoms with Crippen LogP contribution in [0.2, 0.25) is 0 Å². The summed E-state index contributed by atoms with van der Waals surface area (Å²) in [5, 5.41) is 11.6. The number of hydrogen-bond acceptors (Lipinski definition) is 2. The standard InChI is InChI=1S/C13H24N2O3/c1-5-9-15(4)13(18)14-11(3)8-6-7-10(2)12(16)17/h5,10-11H,1,6-9H2,2-4H3,(H,14,18)(H,16,17). The van der Waals surface area contributed by atoms with Gasteiger partial charge in [-0.15, -0.1) is 6.58 Å². The van der Waals surface area contributed by atoms with Gasteiger partial charge >= 0.3 is 12.0 Å². The highest BCUT2D eigenvalue weighted by Gasteiger charge is 2.13. The van der Waals surface area contributed by atoms with Crippen LogP contribution in [0.15, 0.2) is 12.7 Å². The largest absolute Gasteiger partial charge is 0.481 e. The topological polar surface area (TPSA) is 69.6 Å². The van der Waals surface area contributed by atoms with Crippen molar-refractivity contribution >= 4 is 12.0 Å². The first-order valence-corrected chi connectivity index (χ1v) is 6.23. The molecule has 18 heavy (non-hydrogen) atoms. The summed E-state index contributed by atoms with van der Waals surface area (Å²) in [7, 11) is 1.70. The van der Waals surface area contributed by atoms with Crippen LogP contribution in [0.4, 0.5) is 4.79 Å². The molecule has 0 aliphatic rings. The molecule has 2 atom stereocenters. The first-order valence-electron chi connectivity index (χ1n) is 6.23. The van der Waals surface area contributed by atoms with Gasteiger partial charge in [0.05, 0.1) is 5.92 Å². The normalized spacial score (nSPS) is 13.5. The highest BCUT2D eigenvalue weighted by molar-refractivity contribution is 5.74. The quantitative estimate of drug-likeness (QED) is 0.653. The number of nitrogens with zero attached hydrogens (tertiary/aromatic N) is 1. The van der Waals surface area contributed by atoms with Gasteiger partial charge in [-0.2, -0.15) is 0 Å². The molecular weight excluding hydrogens is 232 g/mol. The van der Waals surface area contributed by atoms with E-state index in [0.29, 0.717) is 13.0 Å². The van der Waals surface area contributed by atoms with Gasteiger partial charge in [-0.25, -0.2) is 4.79 Å². The summed E-state index contributed by atoms with van der Waals surface area (Å²) < 4.78 is 0. The maximum absolute atomic E-state index is 11.6. The second kappa shape index (κ2) is 8.55. The molecule has 0 aliphatic heterocycles. The fourth-order valence-electron chi connectivity index (χ4n) is 1.52. The van der Waals surface area contributed by atoms with Crippen LogP contribution < -0.4 is 5.32 Å². The molecule has 0 aromatic heterocycles. The first kappa shape index (κ1) is 16.5. The predicted molar refractivity (Wildman–Crippen MR) is 71.5 cm³/mol. The van der Waals surface area contributed by atoms with Crippen LogP contribution in [0.1, 0.15) is 33.1 Å². The van der Waals surface area contributed by atoms with Crippen molar-refractivity contribution in [3.63, 3.8) is 0 Å². The van der Waals surface area contributed by atoms with Gasteiger partial charge < -0.3 is 15.3 Å². The van der Waals surface area contributed by atoms with Gasteiger partial charge in [0.15, 0.2) is 0 Å². The fourth-order valence-corrected chi connectivity index (χ4v) is 1.52. The summed E-state index contributed by atoms with van der Waals surface area (Å²) in [6.07, 6.45) is 3.88. The molecule has 5 nitrogen and oxygen atoms in total. The van der Waals surface area contributed by atoms with E-state index in [1.807, 2.05) is 6.92 Å². The first-order chi connectivity index (χ1) is 8.38. The van der Waals surface area contributed by atoms with E-state index in [9.17, 15) is 9.59 Å². The minimum atomic E-state index is -0.766. The van der Waals surface area contributed by atoms with E-state index in [1.165, 1.54) is 0 Å². The SMILES string of the molecule is C=CCN(C)C(=O)NC(C)CCCC(C)C(=O)O. The molecule has 2 unspecified atom stereocenters. The minimum Gasteiger partial charge on any atom is -0.481 e. The van der Waals surface area contributed by atoms with Crippen LogP contribution in [0.3, 0.4) is 0 Å². The van der Waals surface area contributed by atoms with E-state index in [2.05, 4.69) is 11.9 Å². The summed E-state index contributed by atoms with van der Waals surface area (Å²) in [6.45, 7) is 7.70. The van der Waals surface area contributed by atoms with Gasteiger partial charge in [0.2, 0.25) is 0 Å². The highest BCUT2D eigenvalue weighted by Crippen LogP contribution is 2.09. The van der Waals surface area contributed by atoms with Crippen LogP contribution in [-0.2, 0) is 4.79 Å². The second-order valence-electron chi connectivity index (χ2n) is 4.69. The zero-order valence-electron chi connectivity index (χ0n) is 11.5. The molecule has 0 saturated heterocycles. The number of carboxylic acid groups (broad SMARTS) is 1. The minimum absolute atomic E-state index is 0.0470. The third kappa shape index (κ3) is 6.93. The maximum atomic E-state index is 11.6. The number of hydrogen-bond donors (Lipinski definition) is 2. The summed E-state index contributed by atoms with van der Waals surface area (Å²) >= 11 is 0. The molecule has 104 valence electrons. The molecule has 0 spiro atoms. The lowest BCUT2D eigenvalue weighted by molar-refractivity contribution is -0.141. The van der Waals surface area contributed by atoms with Crippen LogP contribution >= 0.6 is 0 Å². The monoisotopic (exact) mass is 256 g/mol. The number of carbonyl (C=O) groups is 2. The van der Waals surface area contributed by atoms with Crippen molar-refractivity contribution in [1.29, 1.82) is 0 Å². The van der Waals surface area contributed by atoms with Gasteiger partial charge in [0.25, 0.3) is 0 Å². The van der Waals surface area contributed by atoms with E-state index >= 15 is 0 Å². The van der Waals surface area contributed by atoms with E-state index in [0.717, 1.165) is 12.8 Å². The number of likely N-dealkylation sites (N-methyl/N-ethyl adjacent to an activating group) is 1. The van der Waals surface area contributed by atoms with Crippen LogP contribution in [-0.4, -0.2) is 41.6 Å². The molecular formula is C13H24N2O3. The predicted octanol–water partition coefficient (Wildman–Crippen LogP) is 2.09. The Kier molecular flexibility index (Phi) is 7.83. The van der Waals surface area contributed by atoms with E-state index in [-0.39, 0.29) is 18.0 Å². The third-order valence-corrected chi connectivity index (χ3v) is 2.82. The van der Waals surface area contributed by atoms with E-state index in [1.54, 1.807) is 24.9 Å². The molecule has 0 bridgehead atoms. The molecule has 0 saturated carbocycles. The number of nitrogens with one attached hydrogen (secondary N) is 1. The van der Waals surface area contributed by atoms with E-state index in [4.69, 9.17) is 5.11 Å². The van der Waals surface area contributed by atoms with Crippen molar-refractivity contribution in [1.82, 2.24) is 10.2 Å². The number of aliphatic carboxylic acids is 1. The molecule has 0 aromatic carbocycles. The zero-order valence-corrected chi connectivity index (χ0v) is 11.5. The number of rotatable bonds is 8. The van der Waals surface area contributed by atoms with Crippen molar-refractivity contribution in [3.05, 3.63) is 12.7 Å². The van der Waals surface area contributed by atoms with Crippen molar-refractivity contribution in [2.45, 2.75) is 39.2 Å². The number of carboxylic acids is 1. The van der Waals surface area contributed by atoms with Crippen LogP contribution in [0.5, 0.6) is 0 Å². The Morgan fingerprint density at radius 1 is 1.39 bits per heavy atom. The molecule has 0 heterocycles. The summed E-state index contributed by atoms with van der Waals surface area (Å²) in [6, 6.07) is -0.0838. The highest BCUT2D eigenvalue weighted by atomic mass is 16.4. The molecule has 2 amide bonds. The Balaban J connectivity index is 3.83. The Morgan fingerprint density at radius 2 is 2.00 bits per heavy atom. The van der Waals surface area contributed by atoms with Crippen molar-refractivity contribution < 1.29 is 14.7 Å². The summed E-state index contributed by atoms with van der Waals surface area (Å²) in [5.41, 5.74) is 0. The maximum Gasteiger partial charge on any atom is 0.317 e. The van der Waals surface area contributed by atoms with Gasteiger partial charge in [0.1, 0.15) is 0 Å². The summed E-state index contributed by atoms with van der Waals surface area (Å²) in [4.78, 5) is 23.8. The van der Waals surface area contributed by atoms with Crippen LogP contribution in [0, 0.1) is 5.92 Å². The average molecular weight is 256 g/mol. The Bertz CT molecular complexity index is 292. The van der Waals surface area contributed by atoms with Gasteiger partial charge in [0, 0.05) is 19.6 Å². The lowest BCUT2D eigenvalue weighted by Crippen LogP contribution is -2.41. The zero-order chi connectivity index (χ0) is 14.1. The Hall–Kier alpha value is -1.52. The number of urea groups is 1. The third-order valence-electron chi connectivity index (χ3n) is 2.82. The van der Waals surface area contributed by atoms with Gasteiger partial charge in [-0.3, -0.25) is 4.79 Å². The van der Waals surface area contributed by atoms with Crippen molar-refractivity contribution in [2.24, 2.45) is 5.92 Å². The number of carbonyl (C=O) groups excluding carboxylic acids is 1. The lowest BCUT2D eigenvalue weighted by atomic mass is 10.0. The smallest absolute Gasteiger partial charge is 0.317 e. The fraction of sp³-hybridized carbons (Fsp3) is 0.692. The molecule has 2 N–H and O–H groups in total. The van der Waals surface area contributed by atoms with Crippen molar-refractivity contribution in [2.75, 3.05) is 13.6 Å². The summed E-state index contributed by atoms with van der Waals surface area (Å²) in [5.74, 6) is -1.09. The van der Waals surface area contributed by atoms with Crippen molar-refractivity contribution in [3.8, 4) is 0 Å². The molecule has 0 aromatic rings. The Morgan fingerprint density at radius 3 is 2.50 bits per heavy atom. The molecule has 0 radical (unpaired) electrons. The molecule has 0 rings (SSSR count). The van der Waals surface area contributed by atoms with Gasteiger partial charge in [-0.1, -0.05) is 19.4 Å². The number of amides is 2. The molecule has 5 heteroatoms. The Labute approximate surface area is 109 Å². The van der Waals surface area contributed by atoms with Gasteiger partial charge in [-0.05, 0) is 19.8 Å². The average Bonchev–Trinajstić information content (AvgIpc) is 2.28. The lowest BCUT2D eigenvalue weighted by Gasteiger charge is -2.20. The van der Waals surface area contributed by atoms with Crippen LogP contribution in [0.25, 0.3) is 0 Å². The molecule has 0 fully saturated rings. The van der Waals surface area contributed by atoms with E-state index < -0.39 is 5.97 Å².